The van der Waals surface area contributed by atoms with Gasteiger partial charge in [-0.25, -0.2) is 0 Å². The van der Waals surface area contributed by atoms with Crippen LogP contribution in [-0.4, -0.2) is 37.2 Å². The fourth-order valence-corrected chi connectivity index (χ4v) is 8.59. The summed E-state index contributed by atoms with van der Waals surface area (Å²) < 4.78 is 16.8. The Kier molecular flexibility index (Phi) is 52.7. The standard InChI is InChI=1S/C59H110O6/c1-4-7-10-13-16-19-22-24-26-28-29-30-31-32-34-35-37-40-43-46-49-52-58(61)64-55-56(54-63-57(60)51-48-45-42-39-21-18-15-12-9-6-3)65-59(62)53-50-47-44-41-38-36-33-27-25-23-20-17-14-11-8-5-2/h22,24,28-29,56H,4-21,23,25-27,30-55H2,1-3H3/b24-22-,29-28-. The van der Waals surface area contributed by atoms with Crippen LogP contribution in [0.2, 0.25) is 0 Å². The number of hydrogen-bond donors (Lipinski definition) is 0. The third-order valence-corrected chi connectivity index (χ3v) is 13.0. The van der Waals surface area contributed by atoms with E-state index < -0.39 is 6.10 Å². The highest BCUT2D eigenvalue weighted by Crippen LogP contribution is 2.17. The highest BCUT2D eigenvalue weighted by Gasteiger charge is 2.19. The number of esters is 3. The predicted octanol–water partition coefficient (Wildman–Crippen LogP) is 19.1. The lowest BCUT2D eigenvalue weighted by Gasteiger charge is -2.18. The van der Waals surface area contributed by atoms with E-state index in [4.69, 9.17) is 14.2 Å². The van der Waals surface area contributed by atoms with Crippen LogP contribution in [-0.2, 0) is 28.6 Å². The van der Waals surface area contributed by atoms with E-state index in [0.29, 0.717) is 19.3 Å². The number of allylic oxidation sites excluding steroid dienone is 4. The van der Waals surface area contributed by atoms with Crippen molar-refractivity contribution in [3.63, 3.8) is 0 Å². The molecule has 0 heterocycles. The molecule has 0 radical (unpaired) electrons. The van der Waals surface area contributed by atoms with E-state index in [2.05, 4.69) is 45.1 Å². The molecule has 382 valence electrons. The van der Waals surface area contributed by atoms with Crippen molar-refractivity contribution in [2.75, 3.05) is 13.2 Å². The fraction of sp³-hybridized carbons (Fsp3) is 0.881. The van der Waals surface area contributed by atoms with Crippen molar-refractivity contribution in [2.24, 2.45) is 0 Å². The van der Waals surface area contributed by atoms with Crippen LogP contribution >= 0.6 is 0 Å². The predicted molar refractivity (Wildman–Crippen MR) is 279 cm³/mol. The minimum Gasteiger partial charge on any atom is -0.462 e. The lowest BCUT2D eigenvalue weighted by Crippen LogP contribution is -2.30. The van der Waals surface area contributed by atoms with E-state index in [-0.39, 0.29) is 31.1 Å². The van der Waals surface area contributed by atoms with Gasteiger partial charge in [0.1, 0.15) is 13.2 Å². The second-order valence-corrected chi connectivity index (χ2v) is 19.6. The largest absolute Gasteiger partial charge is 0.462 e. The van der Waals surface area contributed by atoms with Crippen LogP contribution in [0.5, 0.6) is 0 Å². The molecule has 0 aliphatic heterocycles. The summed E-state index contributed by atoms with van der Waals surface area (Å²) in [6.45, 7) is 6.66. The maximum absolute atomic E-state index is 12.8. The Morgan fingerprint density at radius 2 is 0.554 bits per heavy atom. The van der Waals surface area contributed by atoms with E-state index >= 15 is 0 Å². The average Bonchev–Trinajstić information content (AvgIpc) is 3.30. The molecule has 0 fully saturated rings. The Labute approximate surface area is 404 Å². The number of unbranched alkanes of at least 4 members (excludes halogenated alkanes) is 38. The Morgan fingerprint density at radius 3 is 0.846 bits per heavy atom. The molecule has 0 aliphatic rings. The molecule has 0 aromatic rings. The van der Waals surface area contributed by atoms with Gasteiger partial charge >= 0.3 is 17.9 Å². The first-order valence-electron chi connectivity index (χ1n) is 28.8. The van der Waals surface area contributed by atoms with Gasteiger partial charge in [0.2, 0.25) is 0 Å². The van der Waals surface area contributed by atoms with Gasteiger partial charge in [-0.1, -0.05) is 270 Å². The third-order valence-electron chi connectivity index (χ3n) is 13.0. The molecule has 6 heteroatoms. The summed E-state index contributed by atoms with van der Waals surface area (Å²) in [6, 6.07) is 0. The summed E-state index contributed by atoms with van der Waals surface area (Å²) in [7, 11) is 0. The summed E-state index contributed by atoms with van der Waals surface area (Å²) >= 11 is 0. The van der Waals surface area contributed by atoms with Crippen molar-refractivity contribution >= 4 is 17.9 Å². The molecule has 0 aromatic carbocycles. The Hall–Kier alpha value is -2.11. The molecule has 6 nitrogen and oxygen atoms in total. The Bertz CT molecular complexity index is 1050. The van der Waals surface area contributed by atoms with Crippen LogP contribution in [0.25, 0.3) is 0 Å². The Morgan fingerprint density at radius 1 is 0.308 bits per heavy atom. The zero-order valence-electron chi connectivity index (χ0n) is 43.8. The topological polar surface area (TPSA) is 78.9 Å². The van der Waals surface area contributed by atoms with Gasteiger partial charge in [-0.05, 0) is 51.4 Å². The van der Waals surface area contributed by atoms with Gasteiger partial charge in [-0.3, -0.25) is 14.4 Å². The smallest absolute Gasteiger partial charge is 0.306 e. The van der Waals surface area contributed by atoms with Crippen LogP contribution in [0.4, 0.5) is 0 Å². The molecule has 65 heavy (non-hydrogen) atoms. The molecule has 0 spiro atoms. The van der Waals surface area contributed by atoms with E-state index in [9.17, 15) is 14.4 Å². The van der Waals surface area contributed by atoms with Crippen molar-refractivity contribution in [3.05, 3.63) is 24.3 Å². The summed E-state index contributed by atoms with van der Waals surface area (Å²) in [6.07, 6.45) is 63.1. The normalized spacial score (nSPS) is 12.1. The van der Waals surface area contributed by atoms with Crippen LogP contribution in [0.3, 0.4) is 0 Å². The van der Waals surface area contributed by atoms with Gasteiger partial charge < -0.3 is 14.2 Å². The summed E-state index contributed by atoms with van der Waals surface area (Å²) in [4.78, 5) is 38.1. The molecular formula is C59H110O6. The van der Waals surface area contributed by atoms with Gasteiger partial charge in [-0.2, -0.15) is 0 Å². The van der Waals surface area contributed by atoms with E-state index in [0.717, 1.165) is 64.2 Å². The molecule has 1 atom stereocenters. The van der Waals surface area contributed by atoms with Gasteiger partial charge in [-0.15, -0.1) is 0 Å². The van der Waals surface area contributed by atoms with Crippen molar-refractivity contribution in [2.45, 2.75) is 322 Å². The number of ether oxygens (including phenoxy) is 3. The summed E-state index contributed by atoms with van der Waals surface area (Å²) in [5, 5.41) is 0. The van der Waals surface area contributed by atoms with Crippen LogP contribution in [0, 0.1) is 0 Å². The van der Waals surface area contributed by atoms with Crippen LogP contribution in [0.15, 0.2) is 24.3 Å². The zero-order valence-corrected chi connectivity index (χ0v) is 43.8. The van der Waals surface area contributed by atoms with Gasteiger partial charge in [0.25, 0.3) is 0 Å². The van der Waals surface area contributed by atoms with Crippen molar-refractivity contribution < 1.29 is 28.6 Å². The molecular weight excluding hydrogens is 805 g/mol. The maximum Gasteiger partial charge on any atom is 0.306 e. The summed E-state index contributed by atoms with van der Waals surface area (Å²) in [5.74, 6) is -0.853. The fourth-order valence-electron chi connectivity index (χ4n) is 8.59. The molecule has 0 aromatic heterocycles. The molecule has 0 amide bonds. The first-order valence-corrected chi connectivity index (χ1v) is 28.8. The number of carbonyl (C=O) groups excluding carboxylic acids is 3. The van der Waals surface area contributed by atoms with E-state index in [1.165, 1.54) is 212 Å². The number of carbonyl (C=O) groups is 3. The minimum atomic E-state index is -0.767. The average molecular weight is 916 g/mol. The number of hydrogen-bond acceptors (Lipinski definition) is 6. The van der Waals surface area contributed by atoms with E-state index in [1.807, 2.05) is 0 Å². The lowest BCUT2D eigenvalue weighted by atomic mass is 10.0. The zero-order chi connectivity index (χ0) is 47.2. The van der Waals surface area contributed by atoms with Crippen molar-refractivity contribution in [1.82, 2.24) is 0 Å². The highest BCUT2D eigenvalue weighted by molar-refractivity contribution is 5.71. The Balaban J connectivity index is 4.25. The quantitative estimate of drug-likeness (QED) is 0.0262. The van der Waals surface area contributed by atoms with Crippen LogP contribution < -0.4 is 0 Å². The van der Waals surface area contributed by atoms with Gasteiger partial charge in [0, 0.05) is 19.3 Å². The molecule has 0 bridgehead atoms. The molecule has 0 aliphatic carbocycles. The molecule has 0 N–H and O–H groups in total. The second kappa shape index (κ2) is 54.5. The molecule has 0 rings (SSSR count). The highest BCUT2D eigenvalue weighted by atomic mass is 16.6. The monoisotopic (exact) mass is 915 g/mol. The summed E-state index contributed by atoms with van der Waals surface area (Å²) in [5.41, 5.74) is 0. The SMILES string of the molecule is CCCCCCC/C=C\C/C=C\CCCCCCCCCCCC(=O)OCC(COC(=O)CCCCCCCCCCCC)OC(=O)CCCCCCCCCCCCCCCCCC. The molecule has 0 saturated heterocycles. The van der Waals surface area contributed by atoms with Crippen LogP contribution in [0.1, 0.15) is 316 Å². The molecule has 1 unspecified atom stereocenters. The first-order chi connectivity index (χ1) is 32.0. The molecule has 0 saturated carbocycles. The lowest BCUT2D eigenvalue weighted by molar-refractivity contribution is -0.167. The minimum absolute atomic E-state index is 0.0672. The van der Waals surface area contributed by atoms with Crippen molar-refractivity contribution in [1.29, 1.82) is 0 Å². The van der Waals surface area contributed by atoms with Gasteiger partial charge in [0.15, 0.2) is 6.10 Å². The van der Waals surface area contributed by atoms with Crippen molar-refractivity contribution in [3.8, 4) is 0 Å². The second-order valence-electron chi connectivity index (χ2n) is 19.6. The number of rotatable bonds is 53. The van der Waals surface area contributed by atoms with E-state index in [1.54, 1.807) is 0 Å². The third kappa shape index (κ3) is 52.7. The first kappa shape index (κ1) is 62.9. The van der Waals surface area contributed by atoms with Gasteiger partial charge in [0.05, 0.1) is 0 Å². The maximum atomic E-state index is 12.8.